The van der Waals surface area contributed by atoms with Crippen molar-refractivity contribution in [1.82, 2.24) is 0 Å². The second-order valence-corrected chi connectivity index (χ2v) is 5.43. The summed E-state index contributed by atoms with van der Waals surface area (Å²) in [4.78, 5) is 0. The molecule has 0 aliphatic heterocycles. The smallest absolute Gasteiger partial charge is 0.133 e. The van der Waals surface area contributed by atoms with E-state index < -0.39 is 0 Å². The number of nitrogens with two attached hydrogens (primary N) is 1. The summed E-state index contributed by atoms with van der Waals surface area (Å²) < 4.78 is 6.49. The minimum atomic E-state index is 0.133. The number of halogens is 1. The van der Waals surface area contributed by atoms with Gasteiger partial charge in [-0.3, -0.25) is 0 Å². The van der Waals surface area contributed by atoms with Crippen molar-refractivity contribution < 1.29 is 4.74 Å². The van der Waals surface area contributed by atoms with Crippen LogP contribution in [-0.4, -0.2) is 6.61 Å². The first-order valence-corrected chi connectivity index (χ1v) is 7.66. The fourth-order valence-corrected chi connectivity index (χ4v) is 2.49. The van der Waals surface area contributed by atoms with Crippen molar-refractivity contribution in [3.05, 3.63) is 28.2 Å². The summed E-state index contributed by atoms with van der Waals surface area (Å²) in [5, 5.41) is 0. The molecule has 0 radical (unpaired) electrons. The number of benzene rings is 1. The van der Waals surface area contributed by atoms with Crippen LogP contribution in [0.15, 0.2) is 22.7 Å². The predicted octanol–water partition coefficient (Wildman–Crippen LogP) is 4.82. The molecule has 0 saturated carbocycles. The Balaban J connectivity index is 2.52. The molecule has 0 heterocycles. The highest BCUT2D eigenvalue weighted by Crippen LogP contribution is 2.29. The molecule has 0 saturated heterocycles. The third kappa shape index (κ3) is 4.99. The molecular formula is C15H24BrNO. The first-order valence-electron chi connectivity index (χ1n) is 6.86. The van der Waals surface area contributed by atoms with Crippen molar-refractivity contribution in [3.8, 4) is 5.75 Å². The van der Waals surface area contributed by atoms with E-state index in [0.29, 0.717) is 6.61 Å². The van der Waals surface area contributed by atoms with E-state index in [9.17, 15) is 0 Å². The van der Waals surface area contributed by atoms with Gasteiger partial charge in [-0.25, -0.2) is 0 Å². The van der Waals surface area contributed by atoms with Gasteiger partial charge in [0.05, 0.1) is 11.1 Å². The molecule has 1 unspecified atom stereocenters. The molecule has 2 nitrogen and oxygen atoms in total. The van der Waals surface area contributed by atoms with Crippen LogP contribution in [-0.2, 0) is 0 Å². The van der Waals surface area contributed by atoms with Crippen molar-refractivity contribution in [2.24, 2.45) is 5.73 Å². The van der Waals surface area contributed by atoms with Gasteiger partial charge in [0.1, 0.15) is 5.75 Å². The van der Waals surface area contributed by atoms with Gasteiger partial charge < -0.3 is 10.5 Å². The molecular weight excluding hydrogens is 290 g/mol. The van der Waals surface area contributed by atoms with Crippen molar-refractivity contribution in [3.63, 3.8) is 0 Å². The van der Waals surface area contributed by atoms with Crippen LogP contribution in [0, 0.1) is 0 Å². The van der Waals surface area contributed by atoms with Crippen LogP contribution in [0.4, 0.5) is 0 Å². The fraction of sp³-hybridized carbons (Fsp3) is 0.600. The summed E-state index contributed by atoms with van der Waals surface area (Å²) in [7, 11) is 0. The Morgan fingerprint density at radius 1 is 1.22 bits per heavy atom. The number of hydrogen-bond acceptors (Lipinski definition) is 2. The first kappa shape index (κ1) is 15.5. The van der Waals surface area contributed by atoms with Crippen molar-refractivity contribution in [2.45, 2.75) is 52.0 Å². The highest BCUT2D eigenvalue weighted by molar-refractivity contribution is 9.10. The van der Waals surface area contributed by atoms with Gasteiger partial charge >= 0.3 is 0 Å². The van der Waals surface area contributed by atoms with Crippen LogP contribution in [0.2, 0.25) is 0 Å². The third-order valence-corrected chi connectivity index (χ3v) is 3.67. The van der Waals surface area contributed by atoms with E-state index in [0.717, 1.165) is 16.6 Å². The van der Waals surface area contributed by atoms with Crippen LogP contribution in [0.25, 0.3) is 0 Å². The standard InChI is InChI=1S/C15H24BrNO/c1-3-5-6-7-8-14(17)12-9-10-15(18-4-2)13(16)11-12/h9-11,14H,3-8,17H2,1-2H3. The van der Waals surface area contributed by atoms with Gasteiger partial charge in [-0.1, -0.05) is 38.7 Å². The van der Waals surface area contributed by atoms with Gasteiger partial charge in [0, 0.05) is 6.04 Å². The van der Waals surface area contributed by atoms with Crippen LogP contribution in [0.3, 0.4) is 0 Å². The molecule has 3 heteroatoms. The van der Waals surface area contributed by atoms with Gasteiger partial charge in [0.25, 0.3) is 0 Å². The molecule has 1 atom stereocenters. The number of hydrogen-bond donors (Lipinski definition) is 1. The van der Waals surface area contributed by atoms with Crippen molar-refractivity contribution in [1.29, 1.82) is 0 Å². The zero-order valence-corrected chi connectivity index (χ0v) is 13.0. The maximum atomic E-state index is 6.21. The molecule has 0 aliphatic rings. The van der Waals surface area contributed by atoms with E-state index >= 15 is 0 Å². The summed E-state index contributed by atoms with van der Waals surface area (Å²) in [6.45, 7) is 4.89. The summed E-state index contributed by atoms with van der Waals surface area (Å²) in [6, 6.07) is 6.28. The molecule has 0 aliphatic carbocycles. The molecule has 0 amide bonds. The van der Waals surface area contributed by atoms with Gasteiger partial charge in [-0.05, 0) is 47.0 Å². The summed E-state index contributed by atoms with van der Waals surface area (Å²) in [5.74, 6) is 0.888. The van der Waals surface area contributed by atoms with E-state index in [-0.39, 0.29) is 6.04 Å². The topological polar surface area (TPSA) is 35.2 Å². The van der Waals surface area contributed by atoms with Crippen LogP contribution < -0.4 is 10.5 Å². The second kappa shape index (κ2) is 8.54. The minimum Gasteiger partial charge on any atom is -0.493 e. The normalized spacial score (nSPS) is 12.4. The zero-order valence-electron chi connectivity index (χ0n) is 11.4. The van der Waals surface area contributed by atoms with Gasteiger partial charge in [-0.2, -0.15) is 0 Å². The molecule has 0 fully saturated rings. The molecule has 0 aromatic heterocycles. The Labute approximate surface area is 119 Å². The Morgan fingerprint density at radius 3 is 2.61 bits per heavy atom. The summed E-state index contributed by atoms with van der Waals surface area (Å²) in [6.07, 6.45) is 6.12. The number of rotatable bonds is 8. The average molecular weight is 314 g/mol. The first-order chi connectivity index (χ1) is 8.69. The van der Waals surface area contributed by atoms with Gasteiger partial charge in [-0.15, -0.1) is 0 Å². The summed E-state index contributed by atoms with van der Waals surface area (Å²) >= 11 is 3.53. The van der Waals surface area contributed by atoms with E-state index in [1.807, 2.05) is 13.0 Å². The van der Waals surface area contributed by atoms with Crippen LogP contribution >= 0.6 is 15.9 Å². The SMILES string of the molecule is CCCCCCC(N)c1ccc(OCC)c(Br)c1. The van der Waals surface area contributed by atoms with E-state index in [4.69, 9.17) is 10.5 Å². The largest absolute Gasteiger partial charge is 0.493 e. The molecule has 1 aromatic carbocycles. The van der Waals surface area contributed by atoms with Gasteiger partial charge in [0.2, 0.25) is 0 Å². The Kier molecular flexibility index (Phi) is 7.36. The highest BCUT2D eigenvalue weighted by atomic mass is 79.9. The molecule has 18 heavy (non-hydrogen) atoms. The second-order valence-electron chi connectivity index (χ2n) is 4.58. The Morgan fingerprint density at radius 2 is 2.00 bits per heavy atom. The van der Waals surface area contributed by atoms with E-state index in [2.05, 4.69) is 35.0 Å². The van der Waals surface area contributed by atoms with Crippen LogP contribution in [0.1, 0.15) is 57.6 Å². The lowest BCUT2D eigenvalue weighted by atomic mass is 10.0. The molecule has 1 aromatic rings. The fourth-order valence-electron chi connectivity index (χ4n) is 1.98. The number of ether oxygens (including phenoxy) is 1. The maximum Gasteiger partial charge on any atom is 0.133 e. The zero-order chi connectivity index (χ0) is 13.4. The monoisotopic (exact) mass is 313 g/mol. The average Bonchev–Trinajstić information content (AvgIpc) is 2.37. The maximum absolute atomic E-state index is 6.21. The third-order valence-electron chi connectivity index (χ3n) is 3.05. The quantitative estimate of drug-likeness (QED) is 0.698. The van der Waals surface area contributed by atoms with Crippen molar-refractivity contribution >= 4 is 15.9 Å². The van der Waals surface area contributed by atoms with Crippen molar-refractivity contribution in [2.75, 3.05) is 6.61 Å². The Bertz CT molecular complexity index is 354. The molecule has 1 rings (SSSR count). The Hall–Kier alpha value is -0.540. The highest BCUT2D eigenvalue weighted by Gasteiger charge is 2.08. The van der Waals surface area contributed by atoms with E-state index in [1.165, 1.54) is 31.2 Å². The van der Waals surface area contributed by atoms with Crippen LogP contribution in [0.5, 0.6) is 5.75 Å². The summed E-state index contributed by atoms with van der Waals surface area (Å²) in [5.41, 5.74) is 7.39. The van der Waals surface area contributed by atoms with E-state index in [1.54, 1.807) is 0 Å². The lowest BCUT2D eigenvalue weighted by molar-refractivity contribution is 0.338. The lowest BCUT2D eigenvalue weighted by Crippen LogP contribution is -2.10. The lowest BCUT2D eigenvalue weighted by Gasteiger charge is -2.14. The molecule has 2 N–H and O–H groups in total. The minimum absolute atomic E-state index is 0.133. The molecule has 0 spiro atoms. The molecule has 102 valence electrons. The van der Waals surface area contributed by atoms with Gasteiger partial charge in [0.15, 0.2) is 0 Å². The predicted molar refractivity (Wildman–Crippen MR) is 81.0 cm³/mol. The number of unbranched alkanes of at least 4 members (excludes halogenated alkanes) is 3. The molecule has 0 bridgehead atoms.